The van der Waals surface area contributed by atoms with Crippen LogP contribution in [0.25, 0.3) is 16.8 Å². The average molecular weight is 530 g/mol. The largest absolute Gasteiger partial charge is 0.480 e. The van der Waals surface area contributed by atoms with Crippen LogP contribution < -0.4 is 21.3 Å². The number of carbonyl (C=O) groups is 2. The van der Waals surface area contributed by atoms with E-state index in [0.29, 0.717) is 5.69 Å². The molecule has 0 saturated heterocycles. The highest BCUT2D eigenvalue weighted by Crippen LogP contribution is 2.34. The number of nitrogens with zero attached hydrogens (tertiary/aromatic N) is 6. The molecule has 14 heteroatoms. The lowest BCUT2D eigenvalue weighted by Crippen LogP contribution is -2.35. The number of primary amides is 1. The van der Waals surface area contributed by atoms with Gasteiger partial charge in [-0.25, -0.2) is 9.07 Å². The third kappa shape index (κ3) is 5.16. The molecule has 190 valence electrons. The van der Waals surface area contributed by atoms with E-state index < -0.39 is 42.2 Å². The molecule has 0 radical (unpaired) electrons. The van der Waals surface area contributed by atoms with Gasteiger partial charge in [-0.1, -0.05) is 18.5 Å². The predicted octanol–water partition coefficient (Wildman–Crippen LogP) is 2.38. The second-order valence-electron chi connectivity index (χ2n) is 7.64. The predicted molar refractivity (Wildman–Crippen MR) is 131 cm³/mol. The molecule has 2 aromatic heterocycles. The lowest BCUT2D eigenvalue weighted by molar-refractivity contribution is -0.119. The molecule has 12 nitrogen and oxygen atoms in total. The number of methoxy groups -OCH3 is 1. The van der Waals surface area contributed by atoms with Gasteiger partial charge in [0, 0.05) is 22.3 Å². The Bertz CT molecular complexity index is 1650. The molecular formula is C23H20ClFN8O4. The zero-order valence-corrected chi connectivity index (χ0v) is 19.8. The first-order valence-electron chi connectivity index (χ1n) is 12.1. The number of aromatic nitrogens is 6. The molecule has 0 aliphatic carbocycles. The van der Waals surface area contributed by atoms with E-state index in [1.54, 1.807) is 13.0 Å². The topological polar surface area (TPSA) is 160 Å². The number of amides is 2. The van der Waals surface area contributed by atoms with Gasteiger partial charge in [-0.15, -0.1) is 10.2 Å². The number of benzene rings is 2. The summed E-state index contributed by atoms with van der Waals surface area (Å²) in [7, 11) is -2.98. The summed E-state index contributed by atoms with van der Waals surface area (Å²) in [4.78, 5) is 37.7. The summed E-state index contributed by atoms with van der Waals surface area (Å²) in [5, 5.41) is 17.8. The molecule has 3 N–H and O–H groups in total. The van der Waals surface area contributed by atoms with Crippen molar-refractivity contribution in [3.8, 4) is 22.7 Å². The molecule has 0 spiro atoms. The molecule has 2 amide bonds. The molecule has 4 aromatic rings. The number of rotatable bonds is 8. The Labute approximate surface area is 218 Å². The zero-order valence-electron chi connectivity index (χ0n) is 22.1. The lowest BCUT2D eigenvalue weighted by Gasteiger charge is -2.19. The van der Waals surface area contributed by atoms with Crippen molar-refractivity contribution in [3.63, 3.8) is 0 Å². The lowest BCUT2D eigenvalue weighted by atomic mass is 10.1. The number of tetrazole rings is 1. The van der Waals surface area contributed by atoms with Crippen molar-refractivity contribution in [2.24, 2.45) is 5.73 Å². The summed E-state index contributed by atoms with van der Waals surface area (Å²) in [5.41, 5.74) is 4.43. The maximum Gasteiger partial charge on any atom is 0.268 e. The van der Waals surface area contributed by atoms with Gasteiger partial charge in [0.1, 0.15) is 18.2 Å². The van der Waals surface area contributed by atoms with Gasteiger partial charge < -0.3 is 15.8 Å². The highest BCUT2D eigenvalue weighted by atomic mass is 35.5. The van der Waals surface area contributed by atoms with Crippen LogP contribution in [0.4, 0.5) is 10.1 Å². The third-order valence-electron chi connectivity index (χ3n) is 5.35. The van der Waals surface area contributed by atoms with Gasteiger partial charge >= 0.3 is 0 Å². The van der Waals surface area contributed by atoms with E-state index in [9.17, 15) is 18.8 Å². The highest BCUT2D eigenvalue weighted by Gasteiger charge is 2.25. The van der Waals surface area contributed by atoms with Crippen LogP contribution in [0.2, 0.25) is 5.02 Å². The fourth-order valence-corrected chi connectivity index (χ4v) is 3.80. The average Bonchev–Trinajstić information content (AvgIpc) is 3.40. The van der Waals surface area contributed by atoms with Gasteiger partial charge in [0.05, 0.1) is 28.0 Å². The summed E-state index contributed by atoms with van der Waals surface area (Å²) in [5.74, 6) is -3.21. The van der Waals surface area contributed by atoms with Gasteiger partial charge in [-0.2, -0.15) is 4.68 Å². The molecule has 4 rings (SSSR count). The van der Waals surface area contributed by atoms with Crippen LogP contribution in [0.15, 0.2) is 53.6 Å². The first-order chi connectivity index (χ1) is 18.9. The summed E-state index contributed by atoms with van der Waals surface area (Å²) < 4.78 is 44.2. The van der Waals surface area contributed by atoms with Crippen molar-refractivity contribution in [2.75, 3.05) is 12.4 Å². The minimum absolute atomic E-state index is 0.0143. The van der Waals surface area contributed by atoms with Gasteiger partial charge in [-0.3, -0.25) is 14.4 Å². The minimum atomic E-state index is -2.98. The van der Waals surface area contributed by atoms with Crippen molar-refractivity contribution >= 4 is 29.1 Å². The molecular weight excluding hydrogens is 507 g/mol. The summed E-state index contributed by atoms with van der Waals surface area (Å²) in [6.45, 7) is 1.58. The number of nitrogens with two attached hydrogens (primary N) is 1. The second-order valence-corrected chi connectivity index (χ2v) is 8.07. The molecule has 37 heavy (non-hydrogen) atoms. The molecule has 0 aliphatic rings. The molecule has 0 aliphatic heterocycles. The number of nitrogens with one attached hydrogen (secondary N) is 1. The third-order valence-corrected chi connectivity index (χ3v) is 5.59. The van der Waals surface area contributed by atoms with Gasteiger partial charge in [0.2, 0.25) is 11.8 Å². The number of halogens is 2. The number of hydrogen-bond acceptors (Lipinski definition) is 8. The van der Waals surface area contributed by atoms with Crippen molar-refractivity contribution in [2.45, 2.75) is 19.4 Å². The quantitative estimate of drug-likeness (QED) is 0.352. The Hall–Kier alpha value is -4.65. The Morgan fingerprint density at radius 2 is 2.05 bits per heavy atom. The Kier molecular flexibility index (Phi) is 6.16. The molecule has 0 bridgehead atoms. The van der Waals surface area contributed by atoms with Crippen LogP contribution in [-0.2, 0) is 4.79 Å². The molecule has 2 aromatic carbocycles. The van der Waals surface area contributed by atoms with E-state index in [0.717, 1.165) is 22.9 Å². The Morgan fingerprint density at radius 3 is 2.70 bits per heavy atom. The van der Waals surface area contributed by atoms with Crippen molar-refractivity contribution in [3.05, 3.63) is 75.5 Å². The van der Waals surface area contributed by atoms with Crippen LogP contribution in [0.3, 0.4) is 0 Å². The Morgan fingerprint density at radius 1 is 1.24 bits per heavy atom. The summed E-state index contributed by atoms with van der Waals surface area (Å²) >= 11 is 6.19. The van der Waals surface area contributed by atoms with E-state index in [-0.39, 0.29) is 33.8 Å². The molecule has 2 heterocycles. The van der Waals surface area contributed by atoms with E-state index in [2.05, 4.69) is 25.9 Å². The van der Waals surface area contributed by atoms with Crippen LogP contribution in [0, 0.1) is 5.82 Å². The summed E-state index contributed by atoms with van der Waals surface area (Å²) in [6.07, 6.45) is 1.31. The number of carbonyl (C=O) groups excluding carboxylic acids is 2. The van der Waals surface area contributed by atoms with Crippen LogP contribution in [0.1, 0.15) is 33.9 Å². The maximum absolute atomic E-state index is 14.2. The van der Waals surface area contributed by atoms with Gasteiger partial charge in [0.25, 0.3) is 11.5 Å². The van der Waals surface area contributed by atoms with Crippen molar-refractivity contribution < 1.29 is 22.8 Å². The standard InChI is InChI=1S/C23H20ClFN8O4/c1-3-18(22(36)28-13-5-6-14(21(26)35)17(25)9-13)33-20(34)10-16(23(29-33)37-2)15-8-12(24)4-7-19(15)32-11-27-30-31-32/h4-11,18H,3H2,1-2H3,(H2,26,35)(H,28,36)/t18-/m0/s1/i2D3. The fraction of sp³-hybridized carbons (Fsp3) is 0.174. The van der Waals surface area contributed by atoms with Gasteiger partial charge in [-0.05, 0) is 53.2 Å². The Balaban J connectivity index is 1.79. The van der Waals surface area contributed by atoms with Crippen LogP contribution >= 0.6 is 11.6 Å². The summed E-state index contributed by atoms with van der Waals surface area (Å²) in [6, 6.07) is 7.56. The monoisotopic (exact) mass is 529 g/mol. The van der Waals surface area contributed by atoms with E-state index in [1.165, 1.54) is 29.2 Å². The van der Waals surface area contributed by atoms with Crippen LogP contribution in [0.5, 0.6) is 5.88 Å². The first-order valence-corrected chi connectivity index (χ1v) is 11.0. The van der Waals surface area contributed by atoms with Crippen molar-refractivity contribution in [1.82, 2.24) is 30.0 Å². The minimum Gasteiger partial charge on any atom is -0.480 e. The normalized spacial score (nSPS) is 13.2. The fourth-order valence-electron chi connectivity index (χ4n) is 3.63. The first kappa shape index (κ1) is 21.6. The van der Waals surface area contributed by atoms with E-state index >= 15 is 0 Å². The van der Waals surface area contributed by atoms with Crippen molar-refractivity contribution in [1.29, 1.82) is 0 Å². The highest BCUT2D eigenvalue weighted by molar-refractivity contribution is 6.31. The molecule has 1 atom stereocenters. The number of ether oxygens (including phenoxy) is 1. The molecule has 0 fully saturated rings. The zero-order chi connectivity index (χ0) is 29.2. The second kappa shape index (κ2) is 10.5. The SMILES string of the molecule is [2H]C([2H])([2H])Oc1nn([C@@H](CC)C(=O)Nc2ccc(C(N)=O)c(F)c2)c(=O)cc1-c1cc(Cl)ccc1-n1cnnn1. The van der Waals surface area contributed by atoms with Crippen LogP contribution in [-0.4, -0.2) is 48.8 Å². The van der Waals surface area contributed by atoms with Gasteiger partial charge in [0.15, 0.2) is 0 Å². The van der Waals surface area contributed by atoms with E-state index in [4.69, 9.17) is 26.2 Å². The van der Waals surface area contributed by atoms with E-state index in [1.807, 2.05) is 0 Å². The smallest absolute Gasteiger partial charge is 0.268 e. The maximum atomic E-state index is 14.2. The molecule has 0 unspecified atom stereocenters. The number of hydrogen-bond donors (Lipinski definition) is 2. The number of anilines is 1. The molecule has 0 saturated carbocycles.